The zero-order valence-corrected chi connectivity index (χ0v) is 25.4. The first kappa shape index (κ1) is 26.0. The lowest BCUT2D eigenvalue weighted by Gasteiger charge is -2.29. The smallest absolute Gasteiger partial charge is 0.143 e. The number of para-hydroxylation sites is 2. The Morgan fingerprint density at radius 1 is 0.319 bits per heavy atom. The molecule has 0 radical (unpaired) electrons. The minimum atomic E-state index is 0.862. The highest BCUT2D eigenvalue weighted by atomic mass is 16.3. The summed E-state index contributed by atoms with van der Waals surface area (Å²) < 4.78 is 13.0. The highest BCUT2D eigenvalue weighted by Crippen LogP contribution is 2.49. The molecule has 0 amide bonds. The van der Waals surface area contributed by atoms with Gasteiger partial charge >= 0.3 is 0 Å². The van der Waals surface area contributed by atoms with Crippen molar-refractivity contribution in [2.45, 2.75) is 0 Å². The van der Waals surface area contributed by atoms with E-state index < -0.39 is 0 Å². The van der Waals surface area contributed by atoms with Crippen LogP contribution in [0.4, 0.5) is 17.1 Å². The Morgan fingerprint density at radius 2 is 0.894 bits per heavy atom. The van der Waals surface area contributed by atoms with Crippen LogP contribution in [0.3, 0.4) is 0 Å². The molecule has 0 unspecified atom stereocenters. The Hall–Kier alpha value is -6.32. The highest BCUT2D eigenvalue weighted by Gasteiger charge is 2.24. The number of nitrogens with zero attached hydrogens (tertiary/aromatic N) is 1. The molecule has 10 rings (SSSR count). The van der Waals surface area contributed by atoms with Crippen LogP contribution in [0, 0.1) is 0 Å². The van der Waals surface area contributed by atoms with Crippen molar-refractivity contribution in [3.63, 3.8) is 0 Å². The third-order valence-corrected chi connectivity index (χ3v) is 9.45. The summed E-state index contributed by atoms with van der Waals surface area (Å²) in [6.45, 7) is 0. The molecule has 0 aliphatic carbocycles. The van der Waals surface area contributed by atoms with Crippen molar-refractivity contribution in [1.29, 1.82) is 0 Å². The first-order valence-corrected chi connectivity index (χ1v) is 15.9. The minimum absolute atomic E-state index is 0.862. The van der Waals surface area contributed by atoms with E-state index in [2.05, 4.69) is 157 Å². The highest BCUT2D eigenvalue weighted by molar-refractivity contribution is 6.21. The van der Waals surface area contributed by atoms with Gasteiger partial charge in [0.1, 0.15) is 22.3 Å². The third kappa shape index (κ3) is 3.87. The lowest BCUT2D eigenvalue weighted by Crippen LogP contribution is -2.12. The maximum atomic E-state index is 6.62. The van der Waals surface area contributed by atoms with E-state index in [0.717, 1.165) is 77.5 Å². The van der Waals surface area contributed by atoms with Crippen LogP contribution in [0.2, 0.25) is 0 Å². The average molecular weight is 602 g/mol. The van der Waals surface area contributed by atoms with E-state index in [1.54, 1.807) is 0 Å². The Balaban J connectivity index is 1.32. The molecule has 0 saturated heterocycles. The van der Waals surface area contributed by atoms with Crippen LogP contribution in [0.1, 0.15) is 0 Å². The van der Waals surface area contributed by atoms with Gasteiger partial charge in [0.25, 0.3) is 0 Å². The van der Waals surface area contributed by atoms with Gasteiger partial charge in [-0.25, -0.2) is 0 Å². The first-order valence-electron chi connectivity index (χ1n) is 15.9. The van der Waals surface area contributed by atoms with Gasteiger partial charge in [-0.2, -0.15) is 0 Å². The Bertz CT molecular complexity index is 2820. The Kier molecular flexibility index (Phi) is 5.57. The topological polar surface area (TPSA) is 29.5 Å². The van der Waals surface area contributed by atoms with Crippen LogP contribution < -0.4 is 4.90 Å². The van der Waals surface area contributed by atoms with Crippen LogP contribution in [-0.2, 0) is 0 Å². The maximum absolute atomic E-state index is 6.62. The second kappa shape index (κ2) is 10.1. The van der Waals surface area contributed by atoms with Crippen molar-refractivity contribution < 1.29 is 8.83 Å². The van der Waals surface area contributed by atoms with Crippen LogP contribution in [0.25, 0.3) is 76.5 Å². The molecule has 0 atom stereocenters. The summed E-state index contributed by atoms with van der Waals surface area (Å²) >= 11 is 0. The quantitative estimate of drug-likeness (QED) is 0.201. The lowest BCUT2D eigenvalue weighted by atomic mass is 9.95. The summed E-state index contributed by atoms with van der Waals surface area (Å²) in [5.41, 5.74) is 9.02. The number of fused-ring (bicyclic) bond motifs is 9. The normalized spacial score (nSPS) is 11.8. The Morgan fingerprint density at radius 3 is 1.79 bits per heavy atom. The third-order valence-electron chi connectivity index (χ3n) is 9.45. The van der Waals surface area contributed by atoms with E-state index in [1.807, 2.05) is 12.1 Å². The van der Waals surface area contributed by atoms with Gasteiger partial charge in [-0.15, -0.1) is 0 Å². The number of furan rings is 2. The van der Waals surface area contributed by atoms with E-state index in [1.165, 1.54) is 16.2 Å². The molecule has 3 nitrogen and oxygen atoms in total. The second-order valence-corrected chi connectivity index (χ2v) is 12.0. The summed E-state index contributed by atoms with van der Waals surface area (Å²) in [4.78, 5) is 2.42. The van der Waals surface area contributed by atoms with Gasteiger partial charge in [0, 0.05) is 32.5 Å². The van der Waals surface area contributed by atoms with E-state index in [9.17, 15) is 0 Å². The van der Waals surface area contributed by atoms with Gasteiger partial charge < -0.3 is 13.7 Å². The first-order chi connectivity index (χ1) is 23.3. The molecule has 3 heteroatoms. The molecule has 47 heavy (non-hydrogen) atoms. The molecule has 2 aromatic heterocycles. The molecule has 0 N–H and O–H groups in total. The number of rotatable bonds is 4. The van der Waals surface area contributed by atoms with E-state index in [0.29, 0.717) is 0 Å². The largest absolute Gasteiger partial charge is 0.456 e. The minimum Gasteiger partial charge on any atom is -0.456 e. The number of benzene rings is 8. The number of anilines is 3. The Labute approximate surface area is 270 Å². The monoisotopic (exact) mass is 601 g/mol. The average Bonchev–Trinajstić information content (AvgIpc) is 3.71. The van der Waals surface area contributed by atoms with Gasteiger partial charge in [0.05, 0.1) is 22.4 Å². The molecule has 10 aromatic rings. The van der Waals surface area contributed by atoms with Crippen molar-refractivity contribution in [3.05, 3.63) is 164 Å². The van der Waals surface area contributed by atoms with Crippen molar-refractivity contribution in [2.24, 2.45) is 0 Å². The summed E-state index contributed by atoms with van der Waals surface area (Å²) in [6.07, 6.45) is 0. The predicted molar refractivity (Wildman–Crippen MR) is 196 cm³/mol. The lowest BCUT2D eigenvalue weighted by molar-refractivity contribution is 0.669. The molecule has 0 spiro atoms. The molecular weight excluding hydrogens is 574 g/mol. The van der Waals surface area contributed by atoms with E-state index >= 15 is 0 Å². The maximum Gasteiger partial charge on any atom is 0.143 e. The van der Waals surface area contributed by atoms with Gasteiger partial charge in [-0.05, 0) is 58.8 Å². The van der Waals surface area contributed by atoms with Crippen LogP contribution in [0.15, 0.2) is 173 Å². The summed E-state index contributed by atoms with van der Waals surface area (Å²) in [7, 11) is 0. The standard InChI is InChI=1S/C44H27NO2/c1-3-15-30-28(12-1)14-9-21-36(30)45(38-22-11-25-41-43(38)34-18-6-8-23-39(34)46-41)37-20-7-5-17-32(37)33-19-10-24-40-42(33)35-27-26-29-13-2-4-16-31(29)44(35)47-40/h1-27H. The molecular formula is C44H27NO2. The summed E-state index contributed by atoms with van der Waals surface area (Å²) in [5.74, 6) is 0. The fraction of sp³-hybridized carbons (Fsp3) is 0. The molecule has 2 heterocycles. The van der Waals surface area contributed by atoms with Crippen molar-refractivity contribution in [1.82, 2.24) is 0 Å². The summed E-state index contributed by atoms with van der Waals surface area (Å²) in [6, 6.07) is 57.8. The zero-order chi connectivity index (χ0) is 30.9. The molecule has 0 fully saturated rings. The molecule has 0 aliphatic heterocycles. The van der Waals surface area contributed by atoms with Crippen LogP contribution in [0.5, 0.6) is 0 Å². The van der Waals surface area contributed by atoms with Gasteiger partial charge in [-0.1, -0.05) is 121 Å². The molecule has 0 aliphatic rings. The van der Waals surface area contributed by atoms with Gasteiger partial charge in [0.15, 0.2) is 0 Å². The van der Waals surface area contributed by atoms with E-state index in [4.69, 9.17) is 8.83 Å². The van der Waals surface area contributed by atoms with Crippen molar-refractivity contribution in [3.8, 4) is 11.1 Å². The van der Waals surface area contributed by atoms with Gasteiger partial charge in [0.2, 0.25) is 0 Å². The molecule has 0 saturated carbocycles. The fourth-order valence-electron chi connectivity index (χ4n) is 7.41. The van der Waals surface area contributed by atoms with Crippen molar-refractivity contribution >= 4 is 82.5 Å². The number of hydrogen-bond donors (Lipinski definition) is 0. The molecule has 8 aromatic carbocycles. The molecule has 220 valence electrons. The number of hydrogen-bond acceptors (Lipinski definition) is 3. The fourth-order valence-corrected chi connectivity index (χ4v) is 7.41. The molecule has 0 bridgehead atoms. The summed E-state index contributed by atoms with van der Waals surface area (Å²) in [5, 5.41) is 9.06. The van der Waals surface area contributed by atoms with Gasteiger partial charge in [-0.3, -0.25) is 0 Å². The van der Waals surface area contributed by atoms with Crippen LogP contribution >= 0.6 is 0 Å². The van der Waals surface area contributed by atoms with E-state index in [-0.39, 0.29) is 0 Å². The zero-order valence-electron chi connectivity index (χ0n) is 25.4. The SMILES string of the molecule is c1ccc(N(c2cccc3ccccc23)c2cccc3oc4ccccc4c23)c(-c2cccc3oc4c5ccccc5ccc4c23)c1. The van der Waals surface area contributed by atoms with Crippen molar-refractivity contribution in [2.75, 3.05) is 4.90 Å². The van der Waals surface area contributed by atoms with Crippen LogP contribution in [-0.4, -0.2) is 0 Å². The second-order valence-electron chi connectivity index (χ2n) is 12.0. The predicted octanol–water partition coefficient (Wildman–Crippen LogP) is 12.9.